The van der Waals surface area contributed by atoms with E-state index in [0.29, 0.717) is 23.1 Å². The van der Waals surface area contributed by atoms with E-state index in [-0.39, 0.29) is 24.1 Å². The smallest absolute Gasteiger partial charge is 0.261 e. The van der Waals surface area contributed by atoms with Crippen LogP contribution in [0.1, 0.15) is 31.8 Å². The standard InChI is InChI=1S/C20H19N3O4S/c1-21-28(26,27)12-13-6-7-18-17(10-13)14(11-22-18)8-9-23-19(24)15-4-2-3-5-16(15)20(23)25/h2-7,10-11,21-22H,8-9,12H2,1H3. The van der Waals surface area contributed by atoms with E-state index in [1.165, 1.54) is 11.9 Å². The van der Waals surface area contributed by atoms with E-state index in [2.05, 4.69) is 9.71 Å². The van der Waals surface area contributed by atoms with Crippen molar-refractivity contribution in [3.05, 3.63) is 70.9 Å². The number of rotatable bonds is 6. The number of imide groups is 1. The third-order valence-corrected chi connectivity index (χ3v) is 6.32. The Kier molecular flexibility index (Phi) is 4.52. The molecule has 0 saturated carbocycles. The van der Waals surface area contributed by atoms with Gasteiger partial charge < -0.3 is 4.98 Å². The number of carbonyl (C=O) groups is 2. The molecule has 0 spiro atoms. The molecule has 7 nitrogen and oxygen atoms in total. The second-order valence-electron chi connectivity index (χ2n) is 6.71. The number of benzene rings is 2. The minimum absolute atomic E-state index is 0.109. The average molecular weight is 397 g/mol. The van der Waals surface area contributed by atoms with Crippen LogP contribution in [-0.4, -0.2) is 43.7 Å². The minimum Gasteiger partial charge on any atom is -0.361 e. The van der Waals surface area contributed by atoms with Crippen LogP contribution in [-0.2, 0) is 22.2 Å². The van der Waals surface area contributed by atoms with Gasteiger partial charge in [-0.1, -0.05) is 18.2 Å². The number of nitrogens with one attached hydrogen (secondary N) is 2. The fourth-order valence-corrected chi connectivity index (χ4v) is 4.25. The largest absolute Gasteiger partial charge is 0.361 e. The molecule has 2 amide bonds. The quantitative estimate of drug-likeness (QED) is 0.622. The molecular formula is C20H19N3O4S. The Morgan fingerprint density at radius 3 is 2.36 bits per heavy atom. The van der Waals surface area contributed by atoms with Crippen molar-refractivity contribution in [2.45, 2.75) is 12.2 Å². The van der Waals surface area contributed by atoms with Crippen LogP contribution in [0.3, 0.4) is 0 Å². The molecule has 0 aliphatic carbocycles. The van der Waals surface area contributed by atoms with Crippen molar-refractivity contribution in [2.24, 2.45) is 0 Å². The van der Waals surface area contributed by atoms with E-state index in [0.717, 1.165) is 16.5 Å². The number of fused-ring (bicyclic) bond motifs is 2. The molecule has 2 N–H and O–H groups in total. The first-order valence-corrected chi connectivity index (χ1v) is 10.5. The van der Waals surface area contributed by atoms with E-state index in [1.54, 1.807) is 30.3 Å². The molecule has 2 aromatic carbocycles. The van der Waals surface area contributed by atoms with Crippen molar-refractivity contribution in [2.75, 3.05) is 13.6 Å². The zero-order valence-corrected chi connectivity index (χ0v) is 16.0. The van der Waals surface area contributed by atoms with Crippen molar-refractivity contribution in [3.63, 3.8) is 0 Å². The fourth-order valence-electron chi connectivity index (χ4n) is 3.49. The first-order valence-electron chi connectivity index (χ1n) is 8.85. The monoisotopic (exact) mass is 397 g/mol. The molecule has 8 heteroatoms. The van der Waals surface area contributed by atoms with E-state index < -0.39 is 10.0 Å². The molecule has 1 aliphatic rings. The molecular weight excluding hydrogens is 378 g/mol. The van der Waals surface area contributed by atoms with Crippen LogP contribution in [0.15, 0.2) is 48.7 Å². The van der Waals surface area contributed by atoms with Gasteiger partial charge in [-0.3, -0.25) is 14.5 Å². The van der Waals surface area contributed by atoms with Gasteiger partial charge in [-0.05, 0) is 48.9 Å². The summed E-state index contributed by atoms with van der Waals surface area (Å²) in [6, 6.07) is 12.2. The van der Waals surface area contributed by atoms with Gasteiger partial charge in [0, 0.05) is 23.6 Å². The molecule has 0 radical (unpaired) electrons. The molecule has 4 rings (SSSR count). The summed E-state index contributed by atoms with van der Waals surface area (Å²) in [6.45, 7) is 0.262. The Bertz CT molecular complexity index is 1160. The molecule has 2 heterocycles. The summed E-state index contributed by atoms with van der Waals surface area (Å²) in [4.78, 5) is 29.4. The van der Waals surface area contributed by atoms with Gasteiger partial charge in [0.1, 0.15) is 0 Å². The number of aromatic amines is 1. The van der Waals surface area contributed by atoms with E-state index in [9.17, 15) is 18.0 Å². The fraction of sp³-hybridized carbons (Fsp3) is 0.200. The predicted octanol–water partition coefficient (Wildman–Crippen LogP) is 2.06. The van der Waals surface area contributed by atoms with Crippen LogP contribution in [0.4, 0.5) is 0 Å². The maximum Gasteiger partial charge on any atom is 0.261 e. The lowest BCUT2D eigenvalue weighted by atomic mass is 10.1. The van der Waals surface area contributed by atoms with Crippen molar-refractivity contribution in [1.82, 2.24) is 14.6 Å². The number of carbonyl (C=O) groups excluding carboxylic acids is 2. The SMILES string of the molecule is CNS(=O)(=O)Cc1ccc2[nH]cc(CCN3C(=O)c4ccccc4C3=O)c2c1. The Balaban J connectivity index is 1.56. The Morgan fingerprint density at radius 2 is 1.71 bits per heavy atom. The molecule has 0 atom stereocenters. The second kappa shape index (κ2) is 6.88. The summed E-state index contributed by atoms with van der Waals surface area (Å²) in [5.74, 6) is -0.662. The van der Waals surface area contributed by atoms with Gasteiger partial charge in [0.15, 0.2) is 0 Å². The molecule has 0 unspecified atom stereocenters. The predicted molar refractivity (Wildman–Crippen MR) is 105 cm³/mol. The van der Waals surface area contributed by atoms with E-state index in [4.69, 9.17) is 0 Å². The van der Waals surface area contributed by atoms with Crippen LogP contribution >= 0.6 is 0 Å². The maximum atomic E-state index is 12.5. The van der Waals surface area contributed by atoms with Crippen molar-refractivity contribution in [3.8, 4) is 0 Å². The van der Waals surface area contributed by atoms with Crippen LogP contribution in [0.5, 0.6) is 0 Å². The summed E-state index contributed by atoms with van der Waals surface area (Å²) in [6.07, 6.45) is 2.31. The first-order chi connectivity index (χ1) is 13.4. The number of H-pyrrole nitrogens is 1. The normalized spacial score (nSPS) is 14.1. The van der Waals surface area contributed by atoms with Gasteiger partial charge in [-0.15, -0.1) is 0 Å². The molecule has 0 saturated heterocycles. The summed E-state index contributed by atoms with van der Waals surface area (Å²) in [5.41, 5.74) is 3.35. The first kappa shape index (κ1) is 18.4. The van der Waals surface area contributed by atoms with E-state index >= 15 is 0 Å². The Morgan fingerprint density at radius 1 is 1.04 bits per heavy atom. The maximum absolute atomic E-state index is 12.5. The molecule has 28 heavy (non-hydrogen) atoms. The molecule has 3 aromatic rings. The number of hydrogen-bond acceptors (Lipinski definition) is 4. The van der Waals surface area contributed by atoms with Crippen molar-refractivity contribution >= 4 is 32.7 Å². The lowest BCUT2D eigenvalue weighted by Crippen LogP contribution is -2.31. The summed E-state index contributed by atoms with van der Waals surface area (Å²) >= 11 is 0. The third-order valence-electron chi connectivity index (χ3n) is 4.98. The molecule has 0 bridgehead atoms. The molecule has 1 aromatic heterocycles. The van der Waals surface area contributed by atoms with Crippen LogP contribution in [0.2, 0.25) is 0 Å². The number of aromatic nitrogens is 1. The van der Waals surface area contributed by atoms with Crippen molar-refractivity contribution in [1.29, 1.82) is 0 Å². The molecule has 0 fully saturated rings. The van der Waals surface area contributed by atoms with Gasteiger partial charge in [0.25, 0.3) is 11.8 Å². The second-order valence-corrected chi connectivity index (χ2v) is 8.64. The van der Waals surface area contributed by atoms with Gasteiger partial charge in [0.2, 0.25) is 10.0 Å². The zero-order chi connectivity index (χ0) is 19.9. The van der Waals surface area contributed by atoms with Gasteiger partial charge in [-0.2, -0.15) is 0 Å². The Labute approximate surface area is 162 Å². The Hall–Kier alpha value is -2.97. The average Bonchev–Trinajstić information content (AvgIpc) is 3.19. The van der Waals surface area contributed by atoms with Crippen LogP contribution in [0, 0.1) is 0 Å². The summed E-state index contributed by atoms with van der Waals surface area (Å²) in [7, 11) is -1.98. The van der Waals surface area contributed by atoms with Crippen LogP contribution in [0.25, 0.3) is 10.9 Å². The van der Waals surface area contributed by atoms with Gasteiger partial charge in [-0.25, -0.2) is 13.1 Å². The lowest BCUT2D eigenvalue weighted by molar-refractivity contribution is 0.0656. The zero-order valence-electron chi connectivity index (χ0n) is 15.2. The number of amides is 2. The summed E-state index contributed by atoms with van der Waals surface area (Å²) in [5, 5.41) is 0.889. The number of hydrogen-bond donors (Lipinski definition) is 2. The third kappa shape index (κ3) is 3.21. The van der Waals surface area contributed by atoms with Gasteiger partial charge >= 0.3 is 0 Å². The van der Waals surface area contributed by atoms with Crippen molar-refractivity contribution < 1.29 is 18.0 Å². The molecule has 1 aliphatic heterocycles. The molecule has 144 valence electrons. The lowest BCUT2D eigenvalue weighted by Gasteiger charge is -2.13. The highest BCUT2D eigenvalue weighted by Crippen LogP contribution is 2.25. The number of sulfonamides is 1. The minimum atomic E-state index is -3.37. The topological polar surface area (TPSA) is 99.3 Å². The highest BCUT2D eigenvalue weighted by Gasteiger charge is 2.34. The highest BCUT2D eigenvalue weighted by atomic mass is 32.2. The van der Waals surface area contributed by atoms with Crippen LogP contribution < -0.4 is 4.72 Å². The summed E-state index contributed by atoms with van der Waals surface area (Å²) < 4.78 is 25.9. The number of nitrogens with zero attached hydrogens (tertiary/aromatic N) is 1. The van der Waals surface area contributed by atoms with Gasteiger partial charge in [0.05, 0.1) is 16.9 Å². The highest BCUT2D eigenvalue weighted by molar-refractivity contribution is 7.88. The van der Waals surface area contributed by atoms with E-state index in [1.807, 2.05) is 18.3 Å².